The van der Waals surface area contributed by atoms with Crippen LogP contribution in [-0.4, -0.2) is 9.13 Å². The molecule has 0 spiro atoms. The molecule has 0 amide bonds. The lowest BCUT2D eigenvalue weighted by atomic mass is 10.2. The molecule has 0 saturated carbocycles. The molecule has 1 heterocycles. The van der Waals surface area contributed by atoms with Gasteiger partial charge in [-0.1, -0.05) is 17.7 Å². The summed E-state index contributed by atoms with van der Waals surface area (Å²) in [4.78, 5) is 23.9. The van der Waals surface area contributed by atoms with E-state index in [2.05, 4.69) is 0 Å². The summed E-state index contributed by atoms with van der Waals surface area (Å²) in [7, 11) is 0. The highest BCUT2D eigenvalue weighted by Gasteiger charge is 2.09. The van der Waals surface area contributed by atoms with E-state index in [1.54, 1.807) is 0 Å². The quantitative estimate of drug-likeness (QED) is 0.809. The van der Waals surface area contributed by atoms with E-state index in [0.717, 1.165) is 11.3 Å². The lowest BCUT2D eigenvalue weighted by molar-refractivity contribution is 0.533. The molecule has 0 aliphatic heterocycles. The predicted octanol–water partition coefficient (Wildman–Crippen LogP) is 1.89. The first-order valence-electron chi connectivity index (χ1n) is 5.92. The average Bonchev–Trinajstić information content (AvgIpc) is 2.30. The Labute approximate surface area is 105 Å². The number of hydrogen-bond donors (Lipinski definition) is 0. The van der Waals surface area contributed by atoms with Crippen molar-refractivity contribution in [3.8, 4) is 5.69 Å². The third-order valence-corrected chi connectivity index (χ3v) is 2.84. The van der Waals surface area contributed by atoms with Crippen LogP contribution in [0.2, 0.25) is 0 Å². The Morgan fingerprint density at radius 3 is 2.17 bits per heavy atom. The maximum atomic E-state index is 12.2. The fourth-order valence-corrected chi connectivity index (χ4v) is 1.87. The lowest BCUT2D eigenvalue weighted by Crippen LogP contribution is -2.39. The summed E-state index contributed by atoms with van der Waals surface area (Å²) >= 11 is 0. The zero-order chi connectivity index (χ0) is 13.3. The molecule has 18 heavy (non-hydrogen) atoms. The van der Waals surface area contributed by atoms with E-state index in [4.69, 9.17) is 0 Å². The molecule has 2 aromatic rings. The molecule has 4 heteroatoms. The molecule has 0 atom stereocenters. The zero-order valence-corrected chi connectivity index (χ0v) is 10.8. The van der Waals surface area contributed by atoms with Gasteiger partial charge in [-0.3, -0.25) is 13.9 Å². The molecule has 2 rings (SSSR count). The van der Waals surface area contributed by atoms with Crippen LogP contribution < -0.4 is 11.2 Å². The summed E-state index contributed by atoms with van der Waals surface area (Å²) in [6.07, 6.45) is 1.52. The SMILES string of the molecule is Cc1ccc(-n2ccc(=O)n(C(C)C)c2=O)cc1. The van der Waals surface area contributed by atoms with Crippen molar-refractivity contribution in [1.29, 1.82) is 0 Å². The van der Waals surface area contributed by atoms with Gasteiger partial charge in [0, 0.05) is 18.3 Å². The molecular formula is C14H16N2O2. The fraction of sp³-hybridized carbons (Fsp3) is 0.286. The van der Waals surface area contributed by atoms with Crippen molar-refractivity contribution < 1.29 is 0 Å². The molecule has 1 aromatic heterocycles. The molecule has 0 saturated heterocycles. The third-order valence-electron chi connectivity index (χ3n) is 2.84. The Kier molecular flexibility index (Phi) is 3.19. The molecule has 0 aliphatic rings. The van der Waals surface area contributed by atoms with Crippen LogP contribution in [-0.2, 0) is 0 Å². The summed E-state index contributed by atoms with van der Waals surface area (Å²) in [5, 5.41) is 0. The minimum Gasteiger partial charge on any atom is -0.269 e. The van der Waals surface area contributed by atoms with Crippen LogP contribution in [0, 0.1) is 6.92 Å². The number of hydrogen-bond acceptors (Lipinski definition) is 2. The molecule has 0 unspecified atom stereocenters. The largest absolute Gasteiger partial charge is 0.335 e. The van der Waals surface area contributed by atoms with Gasteiger partial charge in [-0.15, -0.1) is 0 Å². The zero-order valence-electron chi connectivity index (χ0n) is 10.8. The van der Waals surface area contributed by atoms with Crippen LogP contribution in [0.3, 0.4) is 0 Å². The molecule has 0 radical (unpaired) electrons. The Bertz CT molecular complexity index is 663. The first-order valence-corrected chi connectivity index (χ1v) is 5.92. The average molecular weight is 244 g/mol. The van der Waals surface area contributed by atoms with Crippen molar-refractivity contribution in [2.24, 2.45) is 0 Å². The van der Waals surface area contributed by atoms with Crippen LogP contribution in [0.5, 0.6) is 0 Å². The van der Waals surface area contributed by atoms with Gasteiger partial charge in [-0.2, -0.15) is 0 Å². The highest BCUT2D eigenvalue weighted by molar-refractivity contribution is 5.34. The number of rotatable bonds is 2. The molecular weight excluding hydrogens is 228 g/mol. The maximum Gasteiger partial charge on any atom is 0.335 e. The van der Waals surface area contributed by atoms with Crippen molar-refractivity contribution in [3.63, 3.8) is 0 Å². The van der Waals surface area contributed by atoms with E-state index in [9.17, 15) is 9.59 Å². The minimum atomic E-state index is -0.304. The van der Waals surface area contributed by atoms with Crippen molar-refractivity contribution >= 4 is 0 Å². The summed E-state index contributed by atoms with van der Waals surface area (Å²) in [5.41, 5.74) is 1.32. The van der Waals surface area contributed by atoms with Crippen molar-refractivity contribution in [2.45, 2.75) is 26.8 Å². The predicted molar refractivity (Wildman–Crippen MR) is 71.4 cm³/mol. The van der Waals surface area contributed by atoms with Crippen molar-refractivity contribution in [2.75, 3.05) is 0 Å². The molecule has 0 fully saturated rings. The number of nitrogens with zero attached hydrogens (tertiary/aromatic N) is 2. The number of benzene rings is 1. The van der Waals surface area contributed by atoms with Gasteiger partial charge in [0.1, 0.15) is 0 Å². The van der Waals surface area contributed by atoms with Gasteiger partial charge in [-0.05, 0) is 32.9 Å². The summed E-state index contributed by atoms with van der Waals surface area (Å²) in [5.74, 6) is 0. The molecule has 94 valence electrons. The van der Waals surface area contributed by atoms with E-state index >= 15 is 0 Å². The van der Waals surface area contributed by atoms with Gasteiger partial charge in [-0.25, -0.2) is 4.79 Å². The second kappa shape index (κ2) is 4.64. The summed E-state index contributed by atoms with van der Waals surface area (Å²) in [6, 6.07) is 8.88. The van der Waals surface area contributed by atoms with E-state index in [1.807, 2.05) is 45.0 Å². The third kappa shape index (κ3) is 2.14. The van der Waals surface area contributed by atoms with Crippen LogP contribution in [0.1, 0.15) is 25.5 Å². The normalized spacial score (nSPS) is 10.9. The summed E-state index contributed by atoms with van der Waals surface area (Å²) in [6.45, 7) is 5.63. The van der Waals surface area contributed by atoms with Crippen LogP contribution in [0.4, 0.5) is 0 Å². The molecule has 0 aliphatic carbocycles. The monoisotopic (exact) mass is 244 g/mol. The highest BCUT2D eigenvalue weighted by Crippen LogP contribution is 2.06. The lowest BCUT2D eigenvalue weighted by Gasteiger charge is -2.12. The second-order valence-corrected chi connectivity index (χ2v) is 4.61. The van der Waals surface area contributed by atoms with Crippen LogP contribution in [0.25, 0.3) is 5.69 Å². The van der Waals surface area contributed by atoms with Gasteiger partial charge in [0.15, 0.2) is 0 Å². The van der Waals surface area contributed by atoms with E-state index < -0.39 is 0 Å². The van der Waals surface area contributed by atoms with Gasteiger partial charge >= 0.3 is 5.69 Å². The Hall–Kier alpha value is -2.10. The molecule has 4 nitrogen and oxygen atoms in total. The van der Waals surface area contributed by atoms with Crippen LogP contribution >= 0.6 is 0 Å². The summed E-state index contributed by atoms with van der Waals surface area (Å²) < 4.78 is 2.74. The Morgan fingerprint density at radius 1 is 1.00 bits per heavy atom. The van der Waals surface area contributed by atoms with Gasteiger partial charge in [0.05, 0.1) is 5.69 Å². The maximum absolute atomic E-state index is 12.2. The first-order chi connectivity index (χ1) is 8.50. The molecule has 0 N–H and O–H groups in total. The van der Waals surface area contributed by atoms with Crippen molar-refractivity contribution in [3.05, 3.63) is 62.9 Å². The van der Waals surface area contributed by atoms with Crippen molar-refractivity contribution in [1.82, 2.24) is 9.13 Å². The van der Waals surface area contributed by atoms with E-state index in [1.165, 1.54) is 21.4 Å². The molecule has 1 aromatic carbocycles. The Balaban J connectivity index is 2.67. The first kappa shape index (κ1) is 12.4. The Morgan fingerprint density at radius 2 is 1.61 bits per heavy atom. The second-order valence-electron chi connectivity index (χ2n) is 4.61. The smallest absolute Gasteiger partial charge is 0.269 e. The standard InChI is InChI=1S/C14H16N2O2/c1-10(2)16-13(17)8-9-15(14(16)18)12-6-4-11(3)5-7-12/h4-10H,1-3H3. The van der Waals surface area contributed by atoms with Gasteiger partial charge in [0.25, 0.3) is 5.56 Å². The van der Waals surface area contributed by atoms with Gasteiger partial charge in [0.2, 0.25) is 0 Å². The van der Waals surface area contributed by atoms with E-state index in [0.29, 0.717) is 0 Å². The number of aromatic nitrogens is 2. The minimum absolute atomic E-state index is 0.150. The number of aryl methyl sites for hydroxylation is 1. The van der Waals surface area contributed by atoms with Crippen LogP contribution in [0.15, 0.2) is 46.1 Å². The molecule has 0 bridgehead atoms. The topological polar surface area (TPSA) is 44.0 Å². The highest BCUT2D eigenvalue weighted by atomic mass is 16.2. The fourth-order valence-electron chi connectivity index (χ4n) is 1.87. The van der Waals surface area contributed by atoms with Gasteiger partial charge < -0.3 is 0 Å². The van der Waals surface area contributed by atoms with E-state index in [-0.39, 0.29) is 17.3 Å².